The molecule has 0 aliphatic carbocycles. The molecule has 1 aromatic carbocycles. The Labute approximate surface area is 204 Å². The number of benzene rings is 1. The van der Waals surface area contributed by atoms with Crippen molar-refractivity contribution in [3.05, 3.63) is 87.4 Å². The molecule has 0 fully saturated rings. The zero-order valence-electron chi connectivity index (χ0n) is 19.2. The Morgan fingerprint density at radius 1 is 1.23 bits per heavy atom. The summed E-state index contributed by atoms with van der Waals surface area (Å²) in [5, 5.41) is 12.1. The molecular weight excluding hydrogens is 470 g/mol. The van der Waals surface area contributed by atoms with Gasteiger partial charge in [0.15, 0.2) is 5.82 Å². The van der Waals surface area contributed by atoms with Gasteiger partial charge >= 0.3 is 0 Å². The Kier molecular flexibility index (Phi) is 5.96. The molecule has 5 aromatic rings. The highest BCUT2D eigenvalue weighted by atomic mass is 35.5. The number of hydrogen-bond acceptors (Lipinski definition) is 8. The largest absolute Gasteiger partial charge is 0.483 e. The van der Waals surface area contributed by atoms with Gasteiger partial charge in [-0.1, -0.05) is 22.9 Å². The van der Waals surface area contributed by atoms with Crippen LogP contribution in [0, 0.1) is 6.92 Å². The fourth-order valence-electron chi connectivity index (χ4n) is 3.71. The highest BCUT2D eigenvalue weighted by Gasteiger charge is 2.17. The minimum atomic E-state index is -0.398. The maximum atomic E-state index is 12.9. The lowest BCUT2D eigenvalue weighted by molar-refractivity contribution is 0.222. The molecule has 35 heavy (non-hydrogen) atoms. The monoisotopic (exact) mass is 491 g/mol. The number of pyridine rings is 2. The first-order chi connectivity index (χ1) is 16.9. The van der Waals surface area contributed by atoms with Crippen molar-refractivity contribution in [1.82, 2.24) is 29.9 Å². The smallest absolute Gasteiger partial charge is 0.297 e. The number of aryl methyl sites for hydroxylation is 1. The molecule has 0 aliphatic heterocycles. The first kappa shape index (κ1) is 22.6. The molecule has 0 saturated carbocycles. The number of anilines is 1. The minimum Gasteiger partial charge on any atom is -0.483 e. The molecule has 0 amide bonds. The standard InChI is InChI=1S/C24H22ClN7O3/c1-13-11-27-31-32(13)22-12-34-24(30-22)28-14(2)17-8-16-9-18(25)21(10-20(16)29-23(17)33)35-15(3)19-6-4-5-7-26-19/h4-12,14-15H,1-3H3,(H,28,30)(H,29,33)/t14-,15+/m0/s1. The normalized spacial score (nSPS) is 13.0. The first-order valence-electron chi connectivity index (χ1n) is 10.9. The summed E-state index contributed by atoms with van der Waals surface area (Å²) >= 11 is 6.51. The van der Waals surface area contributed by atoms with Gasteiger partial charge in [-0.15, -0.1) is 5.10 Å². The third-order valence-electron chi connectivity index (χ3n) is 5.57. The van der Waals surface area contributed by atoms with E-state index in [4.69, 9.17) is 20.8 Å². The Morgan fingerprint density at radius 2 is 2.09 bits per heavy atom. The van der Waals surface area contributed by atoms with Crippen LogP contribution >= 0.6 is 11.6 Å². The van der Waals surface area contributed by atoms with Gasteiger partial charge in [-0.05, 0) is 45.0 Å². The summed E-state index contributed by atoms with van der Waals surface area (Å²) in [6.07, 6.45) is 4.49. The quantitative estimate of drug-likeness (QED) is 0.333. The molecule has 0 saturated heterocycles. The van der Waals surface area contributed by atoms with E-state index in [1.807, 2.05) is 39.0 Å². The second-order valence-electron chi connectivity index (χ2n) is 8.10. The summed E-state index contributed by atoms with van der Waals surface area (Å²) in [6.45, 7) is 5.59. The summed E-state index contributed by atoms with van der Waals surface area (Å²) < 4.78 is 13.1. The molecule has 2 atom stereocenters. The summed E-state index contributed by atoms with van der Waals surface area (Å²) in [6, 6.07) is 10.8. The second-order valence-corrected chi connectivity index (χ2v) is 8.51. The Balaban J connectivity index is 1.38. The molecule has 11 heteroatoms. The topological polar surface area (TPSA) is 124 Å². The minimum absolute atomic E-state index is 0.248. The first-order valence-corrected chi connectivity index (χ1v) is 11.3. The Bertz CT molecular complexity index is 1540. The van der Waals surface area contributed by atoms with E-state index in [9.17, 15) is 4.79 Å². The van der Waals surface area contributed by atoms with E-state index in [0.29, 0.717) is 27.7 Å². The molecule has 10 nitrogen and oxygen atoms in total. The van der Waals surface area contributed by atoms with Gasteiger partial charge in [-0.25, -0.2) is 0 Å². The van der Waals surface area contributed by atoms with Gasteiger partial charge in [-0.3, -0.25) is 9.78 Å². The average Bonchev–Trinajstić information content (AvgIpc) is 3.48. The average molecular weight is 492 g/mol. The Hall–Kier alpha value is -4.18. The maximum Gasteiger partial charge on any atom is 0.297 e. The fraction of sp³-hybridized carbons (Fsp3) is 0.208. The van der Waals surface area contributed by atoms with E-state index in [1.54, 1.807) is 35.3 Å². The van der Waals surface area contributed by atoms with Crippen LogP contribution < -0.4 is 15.6 Å². The van der Waals surface area contributed by atoms with E-state index >= 15 is 0 Å². The lowest BCUT2D eigenvalue weighted by atomic mass is 10.1. The van der Waals surface area contributed by atoms with Crippen molar-refractivity contribution in [3.63, 3.8) is 0 Å². The van der Waals surface area contributed by atoms with E-state index in [1.165, 1.54) is 6.26 Å². The van der Waals surface area contributed by atoms with Gasteiger partial charge < -0.3 is 19.5 Å². The van der Waals surface area contributed by atoms with E-state index in [-0.39, 0.29) is 17.7 Å². The molecule has 2 N–H and O–H groups in total. The van der Waals surface area contributed by atoms with Gasteiger partial charge in [0, 0.05) is 23.2 Å². The number of H-pyrrole nitrogens is 1. The fourth-order valence-corrected chi connectivity index (χ4v) is 3.92. The lowest BCUT2D eigenvalue weighted by Gasteiger charge is -2.17. The SMILES string of the molecule is Cc1cnnn1-c1coc(N[C@@H](C)c2cc3cc(Cl)c(O[C@H](C)c4ccccn4)cc3[nH]c2=O)n1. The van der Waals surface area contributed by atoms with Crippen molar-refractivity contribution < 1.29 is 9.15 Å². The van der Waals surface area contributed by atoms with Crippen molar-refractivity contribution in [1.29, 1.82) is 0 Å². The Morgan fingerprint density at radius 3 is 2.83 bits per heavy atom. The summed E-state index contributed by atoms with van der Waals surface area (Å²) in [5.74, 6) is 0.948. The molecular formula is C24H22ClN7O3. The zero-order chi connectivity index (χ0) is 24.5. The molecule has 0 radical (unpaired) electrons. The number of nitrogens with one attached hydrogen (secondary N) is 2. The molecule has 0 spiro atoms. The van der Waals surface area contributed by atoms with Crippen LogP contribution in [0.3, 0.4) is 0 Å². The number of aromatic amines is 1. The van der Waals surface area contributed by atoms with Crippen molar-refractivity contribution in [2.45, 2.75) is 32.9 Å². The highest BCUT2D eigenvalue weighted by molar-refractivity contribution is 6.32. The van der Waals surface area contributed by atoms with Gasteiger partial charge in [0.1, 0.15) is 18.1 Å². The van der Waals surface area contributed by atoms with Crippen LogP contribution in [0.5, 0.6) is 5.75 Å². The number of hydrogen-bond donors (Lipinski definition) is 2. The number of oxazole rings is 1. The number of rotatable bonds is 7. The number of ether oxygens (including phenoxy) is 1. The van der Waals surface area contributed by atoms with Gasteiger partial charge in [0.05, 0.1) is 34.2 Å². The molecule has 0 unspecified atom stereocenters. The van der Waals surface area contributed by atoms with Crippen LogP contribution in [0.15, 0.2) is 64.3 Å². The number of nitrogens with zero attached hydrogens (tertiary/aromatic N) is 5. The third kappa shape index (κ3) is 4.60. The van der Waals surface area contributed by atoms with Crippen molar-refractivity contribution in [3.8, 4) is 11.6 Å². The van der Waals surface area contributed by atoms with Crippen molar-refractivity contribution in [2.75, 3.05) is 5.32 Å². The van der Waals surface area contributed by atoms with Gasteiger partial charge in [0.25, 0.3) is 11.6 Å². The number of aromatic nitrogens is 6. The van der Waals surface area contributed by atoms with Crippen molar-refractivity contribution >= 4 is 28.5 Å². The van der Waals surface area contributed by atoms with Crippen LogP contribution in [0.25, 0.3) is 16.7 Å². The van der Waals surface area contributed by atoms with Crippen LogP contribution in [-0.2, 0) is 0 Å². The predicted molar refractivity (Wildman–Crippen MR) is 131 cm³/mol. The van der Waals surface area contributed by atoms with Crippen LogP contribution in [0.4, 0.5) is 6.01 Å². The third-order valence-corrected chi connectivity index (χ3v) is 5.86. The van der Waals surface area contributed by atoms with Crippen molar-refractivity contribution in [2.24, 2.45) is 0 Å². The van der Waals surface area contributed by atoms with Gasteiger partial charge in [0.2, 0.25) is 0 Å². The molecule has 0 bridgehead atoms. The van der Waals surface area contributed by atoms with E-state index < -0.39 is 6.04 Å². The molecule has 4 heterocycles. The van der Waals surface area contributed by atoms with Crippen LogP contribution in [0.1, 0.15) is 42.9 Å². The molecule has 178 valence electrons. The van der Waals surface area contributed by atoms with E-state index in [0.717, 1.165) is 16.8 Å². The summed E-state index contributed by atoms with van der Waals surface area (Å²) in [4.78, 5) is 24.5. The number of fused-ring (bicyclic) bond motifs is 1. The molecule has 0 aliphatic rings. The lowest BCUT2D eigenvalue weighted by Crippen LogP contribution is -2.19. The number of halogens is 1. The van der Waals surface area contributed by atoms with E-state index in [2.05, 4.69) is 30.6 Å². The summed E-state index contributed by atoms with van der Waals surface area (Å²) in [5.41, 5.74) is 2.46. The maximum absolute atomic E-state index is 12.9. The molecule has 4 aromatic heterocycles. The van der Waals surface area contributed by atoms with Crippen LogP contribution in [0.2, 0.25) is 5.02 Å². The zero-order valence-corrected chi connectivity index (χ0v) is 19.9. The van der Waals surface area contributed by atoms with Crippen LogP contribution in [-0.4, -0.2) is 29.9 Å². The van der Waals surface area contributed by atoms with Gasteiger partial charge in [-0.2, -0.15) is 9.67 Å². The highest BCUT2D eigenvalue weighted by Crippen LogP contribution is 2.33. The predicted octanol–water partition coefficient (Wildman–Crippen LogP) is 4.77. The second kappa shape index (κ2) is 9.22. The summed E-state index contributed by atoms with van der Waals surface area (Å²) in [7, 11) is 0. The molecule has 5 rings (SSSR count).